The molecule has 0 bridgehead atoms. The van der Waals surface area contributed by atoms with Crippen molar-refractivity contribution in [2.24, 2.45) is 0 Å². The first kappa shape index (κ1) is 17.8. The number of aromatic nitrogens is 1. The number of rotatable bonds is 5. The van der Waals surface area contributed by atoms with Gasteiger partial charge in [-0.05, 0) is 35.9 Å². The molecule has 3 aromatic carbocycles. The van der Waals surface area contributed by atoms with Crippen molar-refractivity contribution in [3.05, 3.63) is 77.5 Å². The van der Waals surface area contributed by atoms with Crippen molar-refractivity contribution in [2.75, 3.05) is 13.7 Å². The molecule has 0 aliphatic carbocycles. The number of Topliss-reactive ketones (excluding diaryl/α,β-unsaturated/α-hetero) is 1. The molecular formula is C23H19NO4. The number of fused-ring (bicyclic) bond motifs is 2. The van der Waals surface area contributed by atoms with Gasteiger partial charge in [0.05, 0.1) is 7.11 Å². The number of carbonyl (C=O) groups is 2. The van der Waals surface area contributed by atoms with Crippen LogP contribution in [0.1, 0.15) is 26.4 Å². The lowest BCUT2D eigenvalue weighted by Gasteiger charge is -2.10. The number of nitrogens with one attached hydrogen (secondary N) is 1. The van der Waals surface area contributed by atoms with Crippen LogP contribution in [0.4, 0.5) is 0 Å². The molecular weight excluding hydrogens is 354 g/mol. The van der Waals surface area contributed by atoms with Gasteiger partial charge in [0.25, 0.3) is 0 Å². The Bertz CT molecular complexity index is 1210. The quantitative estimate of drug-likeness (QED) is 0.407. The van der Waals surface area contributed by atoms with E-state index in [1.807, 2.05) is 55.5 Å². The topological polar surface area (TPSA) is 68.4 Å². The van der Waals surface area contributed by atoms with Gasteiger partial charge in [-0.1, -0.05) is 42.5 Å². The lowest BCUT2D eigenvalue weighted by atomic mass is 10.1. The predicted molar refractivity (Wildman–Crippen MR) is 108 cm³/mol. The summed E-state index contributed by atoms with van der Waals surface area (Å²) in [5.41, 5.74) is 2.48. The number of hydrogen-bond acceptors (Lipinski definition) is 4. The zero-order chi connectivity index (χ0) is 19.7. The second-order valence-corrected chi connectivity index (χ2v) is 6.57. The first-order chi connectivity index (χ1) is 13.6. The molecule has 4 aromatic rings. The van der Waals surface area contributed by atoms with E-state index in [9.17, 15) is 9.59 Å². The lowest BCUT2D eigenvalue weighted by Crippen LogP contribution is -2.15. The Hall–Kier alpha value is -3.60. The van der Waals surface area contributed by atoms with Gasteiger partial charge < -0.3 is 14.5 Å². The van der Waals surface area contributed by atoms with E-state index in [4.69, 9.17) is 9.47 Å². The van der Waals surface area contributed by atoms with Crippen molar-refractivity contribution in [2.45, 2.75) is 6.92 Å². The molecule has 0 unspecified atom stereocenters. The number of hydrogen-bond donors (Lipinski definition) is 1. The fraction of sp³-hybridized carbons (Fsp3) is 0.130. The van der Waals surface area contributed by atoms with E-state index in [2.05, 4.69) is 4.98 Å². The van der Waals surface area contributed by atoms with Gasteiger partial charge in [-0.15, -0.1) is 0 Å². The highest BCUT2D eigenvalue weighted by molar-refractivity contribution is 6.10. The minimum absolute atomic E-state index is 0.247. The van der Waals surface area contributed by atoms with E-state index in [0.29, 0.717) is 16.9 Å². The average Bonchev–Trinajstić information content (AvgIpc) is 3.06. The molecule has 0 fully saturated rings. The lowest BCUT2D eigenvalue weighted by molar-refractivity contribution is 0.0472. The third kappa shape index (κ3) is 3.11. The van der Waals surface area contributed by atoms with Crippen molar-refractivity contribution in [1.82, 2.24) is 4.98 Å². The van der Waals surface area contributed by atoms with Gasteiger partial charge >= 0.3 is 5.97 Å². The van der Waals surface area contributed by atoms with Crippen LogP contribution >= 0.6 is 0 Å². The zero-order valence-electron chi connectivity index (χ0n) is 15.6. The maximum absolute atomic E-state index is 12.7. The standard InChI is InChI=1S/C23H19NO4/c1-14-22(17-9-5-6-10-19(17)24-14)20(25)13-28-23(26)18-11-15-7-3-4-8-16(15)12-21(18)27-2/h3-12,24H,13H2,1-2H3. The second kappa shape index (κ2) is 7.19. The minimum Gasteiger partial charge on any atom is -0.496 e. The molecule has 1 aromatic heterocycles. The molecule has 0 aliphatic rings. The molecule has 0 aliphatic heterocycles. The van der Waals surface area contributed by atoms with E-state index in [1.165, 1.54) is 7.11 Å². The van der Waals surface area contributed by atoms with Crippen LogP contribution in [0.5, 0.6) is 5.75 Å². The third-order valence-electron chi connectivity index (χ3n) is 4.79. The van der Waals surface area contributed by atoms with Crippen molar-refractivity contribution in [3.63, 3.8) is 0 Å². The van der Waals surface area contributed by atoms with Crippen molar-refractivity contribution in [1.29, 1.82) is 0 Å². The van der Waals surface area contributed by atoms with Crippen LogP contribution in [0.2, 0.25) is 0 Å². The summed E-state index contributed by atoms with van der Waals surface area (Å²) in [5.74, 6) is -0.420. The third-order valence-corrected chi connectivity index (χ3v) is 4.79. The number of esters is 1. The van der Waals surface area contributed by atoms with E-state index in [1.54, 1.807) is 12.1 Å². The van der Waals surface area contributed by atoms with Gasteiger partial charge in [0.2, 0.25) is 5.78 Å². The summed E-state index contributed by atoms with van der Waals surface area (Å²) in [5, 5.41) is 2.68. The summed E-state index contributed by atoms with van der Waals surface area (Å²) < 4.78 is 10.7. The summed E-state index contributed by atoms with van der Waals surface area (Å²) in [7, 11) is 1.50. The molecule has 0 amide bonds. The van der Waals surface area contributed by atoms with Gasteiger partial charge in [-0.3, -0.25) is 4.79 Å². The first-order valence-corrected chi connectivity index (χ1v) is 8.93. The van der Waals surface area contributed by atoms with E-state index < -0.39 is 5.97 Å². The van der Waals surface area contributed by atoms with Crippen LogP contribution in [0.3, 0.4) is 0 Å². The number of aromatic amines is 1. The Morgan fingerprint density at radius 1 is 0.964 bits per heavy atom. The van der Waals surface area contributed by atoms with E-state index >= 15 is 0 Å². The number of benzene rings is 3. The molecule has 28 heavy (non-hydrogen) atoms. The summed E-state index contributed by atoms with van der Waals surface area (Å²) in [6, 6.07) is 18.7. The molecule has 0 saturated carbocycles. The Labute approximate surface area is 161 Å². The summed E-state index contributed by atoms with van der Waals surface area (Å²) in [6.45, 7) is 1.50. The summed E-state index contributed by atoms with van der Waals surface area (Å²) in [6.07, 6.45) is 0. The van der Waals surface area contributed by atoms with Crippen molar-refractivity contribution < 1.29 is 19.1 Å². The van der Waals surface area contributed by atoms with Crippen LogP contribution in [0, 0.1) is 6.92 Å². The smallest absolute Gasteiger partial charge is 0.342 e. The second-order valence-electron chi connectivity index (χ2n) is 6.57. The highest BCUT2D eigenvalue weighted by Crippen LogP contribution is 2.27. The normalized spacial score (nSPS) is 10.9. The minimum atomic E-state index is -0.589. The van der Waals surface area contributed by atoms with Gasteiger partial charge in [0, 0.05) is 22.2 Å². The molecule has 1 heterocycles. The Morgan fingerprint density at radius 3 is 2.39 bits per heavy atom. The SMILES string of the molecule is COc1cc2ccccc2cc1C(=O)OCC(=O)c1c(C)[nH]c2ccccc12. The number of carbonyl (C=O) groups excluding carboxylic acids is 2. The Morgan fingerprint density at radius 2 is 1.64 bits per heavy atom. The molecule has 0 atom stereocenters. The van der Waals surface area contributed by atoms with Gasteiger partial charge in [0.15, 0.2) is 6.61 Å². The molecule has 1 N–H and O–H groups in total. The molecule has 0 spiro atoms. The number of methoxy groups -OCH3 is 1. The van der Waals surface area contributed by atoms with E-state index in [0.717, 1.165) is 27.4 Å². The van der Waals surface area contributed by atoms with Crippen LogP contribution in [0.15, 0.2) is 60.7 Å². The Balaban J connectivity index is 1.58. The molecule has 0 saturated heterocycles. The monoisotopic (exact) mass is 373 g/mol. The van der Waals surface area contributed by atoms with Gasteiger partial charge in [-0.25, -0.2) is 4.79 Å². The largest absolute Gasteiger partial charge is 0.496 e. The summed E-state index contributed by atoms with van der Waals surface area (Å²) >= 11 is 0. The van der Waals surface area contributed by atoms with Crippen molar-refractivity contribution >= 4 is 33.4 Å². The van der Waals surface area contributed by atoms with Crippen LogP contribution in [-0.4, -0.2) is 30.5 Å². The number of para-hydroxylation sites is 1. The summed E-state index contributed by atoms with van der Waals surface area (Å²) in [4.78, 5) is 28.5. The maximum atomic E-state index is 12.7. The van der Waals surface area contributed by atoms with Crippen LogP contribution in [0.25, 0.3) is 21.7 Å². The highest BCUT2D eigenvalue weighted by Gasteiger charge is 2.20. The molecule has 5 heteroatoms. The first-order valence-electron chi connectivity index (χ1n) is 8.93. The van der Waals surface area contributed by atoms with E-state index in [-0.39, 0.29) is 12.4 Å². The average molecular weight is 373 g/mol. The van der Waals surface area contributed by atoms with Gasteiger partial charge in [0.1, 0.15) is 11.3 Å². The molecule has 140 valence electrons. The fourth-order valence-corrected chi connectivity index (χ4v) is 3.46. The zero-order valence-corrected chi connectivity index (χ0v) is 15.6. The predicted octanol–water partition coefficient (Wildman–Crippen LogP) is 4.68. The van der Waals surface area contributed by atoms with Crippen molar-refractivity contribution in [3.8, 4) is 5.75 Å². The number of ketones is 1. The number of ether oxygens (including phenoxy) is 2. The molecule has 5 nitrogen and oxygen atoms in total. The maximum Gasteiger partial charge on any atom is 0.342 e. The molecule has 4 rings (SSSR count). The Kier molecular flexibility index (Phi) is 4.57. The van der Waals surface area contributed by atoms with Gasteiger partial charge in [-0.2, -0.15) is 0 Å². The molecule has 0 radical (unpaired) electrons. The number of H-pyrrole nitrogens is 1. The van der Waals surface area contributed by atoms with Crippen LogP contribution < -0.4 is 4.74 Å². The van der Waals surface area contributed by atoms with Crippen LogP contribution in [-0.2, 0) is 4.74 Å². The fourth-order valence-electron chi connectivity index (χ4n) is 3.46. The highest BCUT2D eigenvalue weighted by atomic mass is 16.5. The number of aryl methyl sites for hydroxylation is 1.